The van der Waals surface area contributed by atoms with E-state index in [-0.39, 0.29) is 27.8 Å². The highest BCUT2D eigenvalue weighted by atomic mass is 35.5. The number of urea groups is 1. The lowest BCUT2D eigenvalue weighted by Crippen LogP contribution is -2.39. The number of nitrogens with one attached hydrogen (secondary N) is 2. The normalized spacial score (nSPS) is 9.93. The molecule has 0 saturated carbocycles. The summed E-state index contributed by atoms with van der Waals surface area (Å²) < 4.78 is 10.2. The molecule has 0 saturated heterocycles. The van der Waals surface area contributed by atoms with Crippen LogP contribution in [0.1, 0.15) is 10.4 Å². The van der Waals surface area contributed by atoms with E-state index in [1.807, 2.05) is 5.32 Å². The zero-order valence-corrected chi connectivity index (χ0v) is 15.2. The fourth-order valence-corrected chi connectivity index (χ4v) is 2.11. The van der Waals surface area contributed by atoms with Crippen LogP contribution < -0.4 is 15.4 Å². The molecule has 0 aliphatic heterocycles. The van der Waals surface area contributed by atoms with Crippen LogP contribution in [0.3, 0.4) is 0 Å². The molecular formula is C17H14ClN3O7. The molecule has 28 heavy (non-hydrogen) atoms. The van der Waals surface area contributed by atoms with Crippen molar-refractivity contribution in [3.63, 3.8) is 0 Å². The third kappa shape index (κ3) is 5.68. The van der Waals surface area contributed by atoms with Gasteiger partial charge in [0.2, 0.25) is 5.75 Å². The molecule has 2 rings (SSSR count). The molecule has 0 aromatic heterocycles. The van der Waals surface area contributed by atoms with Crippen LogP contribution >= 0.6 is 11.6 Å². The number of halogens is 1. The topological polar surface area (TPSA) is 137 Å². The van der Waals surface area contributed by atoms with Gasteiger partial charge in [-0.1, -0.05) is 11.6 Å². The molecule has 2 N–H and O–H groups in total. The number of nitro groups is 1. The van der Waals surface area contributed by atoms with E-state index >= 15 is 0 Å². The van der Waals surface area contributed by atoms with Crippen molar-refractivity contribution in [1.29, 1.82) is 0 Å². The van der Waals surface area contributed by atoms with Crippen LogP contribution in [0.5, 0.6) is 11.5 Å². The number of carbonyl (C=O) groups excluding carboxylic acids is 3. The van der Waals surface area contributed by atoms with Gasteiger partial charge in [-0.2, -0.15) is 0 Å². The minimum atomic E-state index is -0.795. The van der Waals surface area contributed by atoms with Crippen molar-refractivity contribution in [2.45, 2.75) is 0 Å². The van der Waals surface area contributed by atoms with Gasteiger partial charge in [0.05, 0.1) is 10.5 Å². The van der Waals surface area contributed by atoms with Gasteiger partial charge in [-0.3, -0.25) is 20.2 Å². The molecule has 0 aliphatic rings. The van der Waals surface area contributed by atoms with Crippen LogP contribution in [0, 0.1) is 10.1 Å². The maximum atomic E-state index is 11.9. The van der Waals surface area contributed by atoms with Crippen LogP contribution in [0.15, 0.2) is 42.5 Å². The predicted octanol–water partition coefficient (Wildman–Crippen LogP) is 2.65. The Kier molecular flexibility index (Phi) is 6.88. The first kappa shape index (κ1) is 20.6. The van der Waals surface area contributed by atoms with Gasteiger partial charge >= 0.3 is 17.7 Å². The average Bonchev–Trinajstić information content (AvgIpc) is 2.67. The van der Waals surface area contributed by atoms with E-state index in [1.165, 1.54) is 43.4 Å². The van der Waals surface area contributed by atoms with Gasteiger partial charge < -0.3 is 14.8 Å². The Balaban J connectivity index is 2.00. The monoisotopic (exact) mass is 407 g/mol. The number of benzene rings is 2. The minimum Gasteiger partial charge on any atom is -0.452 e. The van der Waals surface area contributed by atoms with Crippen molar-refractivity contribution in [2.75, 3.05) is 13.7 Å². The Labute approximate surface area is 163 Å². The molecule has 2 aromatic carbocycles. The molecular weight excluding hydrogens is 394 g/mol. The van der Waals surface area contributed by atoms with Crippen molar-refractivity contribution in [3.8, 4) is 11.5 Å². The van der Waals surface area contributed by atoms with Gasteiger partial charge in [0.25, 0.3) is 5.91 Å². The first-order valence-corrected chi connectivity index (χ1v) is 8.08. The van der Waals surface area contributed by atoms with Crippen molar-refractivity contribution in [3.05, 3.63) is 63.2 Å². The molecule has 0 bridgehead atoms. The minimum absolute atomic E-state index is 0.0180. The van der Waals surface area contributed by atoms with E-state index in [1.54, 1.807) is 0 Å². The predicted molar refractivity (Wildman–Crippen MR) is 97.5 cm³/mol. The van der Waals surface area contributed by atoms with Crippen LogP contribution in [-0.4, -0.2) is 36.5 Å². The number of ether oxygens (including phenoxy) is 2. The Bertz CT molecular complexity index is 915. The van der Waals surface area contributed by atoms with Gasteiger partial charge in [0, 0.05) is 18.1 Å². The van der Waals surface area contributed by atoms with E-state index in [0.29, 0.717) is 0 Å². The third-order valence-electron chi connectivity index (χ3n) is 3.25. The van der Waals surface area contributed by atoms with E-state index in [2.05, 4.69) is 5.32 Å². The first-order chi connectivity index (χ1) is 13.3. The summed E-state index contributed by atoms with van der Waals surface area (Å²) in [4.78, 5) is 44.7. The second kappa shape index (κ2) is 9.33. The zero-order valence-electron chi connectivity index (χ0n) is 14.4. The van der Waals surface area contributed by atoms with Crippen molar-refractivity contribution < 1.29 is 28.8 Å². The van der Waals surface area contributed by atoms with Crippen LogP contribution in [0.4, 0.5) is 10.5 Å². The quantitative estimate of drug-likeness (QED) is 0.426. The summed E-state index contributed by atoms with van der Waals surface area (Å²) in [5.41, 5.74) is -0.191. The maximum absolute atomic E-state index is 11.9. The van der Waals surface area contributed by atoms with E-state index < -0.39 is 29.4 Å². The highest BCUT2D eigenvalue weighted by Crippen LogP contribution is 2.33. The molecule has 10 nitrogen and oxygen atoms in total. The Hall–Kier alpha value is -3.66. The molecule has 0 atom stereocenters. The number of nitrogens with zero attached hydrogens (tertiary/aromatic N) is 1. The summed E-state index contributed by atoms with van der Waals surface area (Å²) in [6.07, 6.45) is 0. The van der Waals surface area contributed by atoms with Gasteiger partial charge in [-0.15, -0.1) is 0 Å². The summed E-state index contributed by atoms with van der Waals surface area (Å²) in [6, 6.07) is 8.75. The van der Waals surface area contributed by atoms with E-state index in [9.17, 15) is 24.5 Å². The smallest absolute Gasteiger partial charge is 0.338 e. The van der Waals surface area contributed by atoms with Crippen molar-refractivity contribution in [2.24, 2.45) is 0 Å². The standard InChI is InChI=1S/C17H14ClN3O7/c1-19-17(24)20-15(22)9-27-16(23)10-2-5-12(6-3-10)28-14-7-4-11(18)8-13(14)21(25)26/h2-8H,9H2,1H3,(H2,19,20,22,24). The summed E-state index contributed by atoms with van der Waals surface area (Å²) in [5.74, 6) is -1.37. The Morgan fingerprint density at radius 2 is 1.82 bits per heavy atom. The highest BCUT2D eigenvalue weighted by Gasteiger charge is 2.17. The number of carbonyl (C=O) groups is 3. The van der Waals surface area contributed by atoms with Crippen molar-refractivity contribution in [1.82, 2.24) is 10.6 Å². The van der Waals surface area contributed by atoms with Crippen molar-refractivity contribution >= 4 is 35.2 Å². The number of hydrogen-bond donors (Lipinski definition) is 2. The first-order valence-electron chi connectivity index (χ1n) is 7.70. The zero-order chi connectivity index (χ0) is 20.7. The third-order valence-corrected chi connectivity index (χ3v) is 3.48. The number of hydrogen-bond acceptors (Lipinski definition) is 7. The molecule has 11 heteroatoms. The molecule has 0 unspecified atom stereocenters. The lowest BCUT2D eigenvalue weighted by Gasteiger charge is -2.08. The lowest BCUT2D eigenvalue weighted by atomic mass is 10.2. The second-order valence-electron chi connectivity index (χ2n) is 5.20. The summed E-state index contributed by atoms with van der Waals surface area (Å²) in [5, 5.41) is 15.4. The largest absolute Gasteiger partial charge is 0.452 e. The highest BCUT2D eigenvalue weighted by molar-refractivity contribution is 6.30. The number of nitro benzene ring substituents is 1. The summed E-state index contributed by atoms with van der Waals surface area (Å²) >= 11 is 5.75. The molecule has 2 aromatic rings. The summed E-state index contributed by atoms with van der Waals surface area (Å²) in [6.45, 7) is -0.637. The number of imide groups is 1. The van der Waals surface area contributed by atoms with Gasteiger partial charge in [0.15, 0.2) is 6.61 Å². The van der Waals surface area contributed by atoms with Crippen LogP contribution in [0.25, 0.3) is 0 Å². The lowest BCUT2D eigenvalue weighted by molar-refractivity contribution is -0.385. The molecule has 0 spiro atoms. The van der Waals surface area contributed by atoms with Gasteiger partial charge in [-0.25, -0.2) is 9.59 Å². The Morgan fingerprint density at radius 1 is 1.14 bits per heavy atom. The van der Waals surface area contributed by atoms with Crippen LogP contribution in [0.2, 0.25) is 5.02 Å². The fourth-order valence-electron chi connectivity index (χ4n) is 1.95. The average molecular weight is 408 g/mol. The molecule has 146 valence electrons. The number of esters is 1. The number of amides is 3. The fraction of sp³-hybridized carbons (Fsp3) is 0.118. The van der Waals surface area contributed by atoms with Gasteiger partial charge in [-0.05, 0) is 36.4 Å². The Morgan fingerprint density at radius 3 is 2.43 bits per heavy atom. The SMILES string of the molecule is CNC(=O)NC(=O)COC(=O)c1ccc(Oc2ccc(Cl)cc2[N+](=O)[O-])cc1. The number of rotatable bonds is 6. The second-order valence-corrected chi connectivity index (χ2v) is 5.64. The van der Waals surface area contributed by atoms with Gasteiger partial charge in [0.1, 0.15) is 5.75 Å². The molecule has 0 aliphatic carbocycles. The molecule has 0 radical (unpaired) electrons. The summed E-state index contributed by atoms with van der Waals surface area (Å²) in [7, 11) is 1.33. The molecule has 3 amide bonds. The molecule has 0 fully saturated rings. The van der Waals surface area contributed by atoms with E-state index in [4.69, 9.17) is 21.1 Å². The van der Waals surface area contributed by atoms with Crippen LogP contribution in [-0.2, 0) is 9.53 Å². The van der Waals surface area contributed by atoms with E-state index in [0.717, 1.165) is 6.07 Å². The molecule has 0 heterocycles. The maximum Gasteiger partial charge on any atom is 0.338 e.